The lowest BCUT2D eigenvalue weighted by Crippen LogP contribution is -1.96. The molecular weight excluding hydrogens is 402 g/mol. The van der Waals surface area contributed by atoms with Crippen molar-refractivity contribution in [2.75, 3.05) is 0 Å². The maximum Gasteiger partial charge on any atom is 0.281 e. The highest BCUT2D eigenvalue weighted by Crippen LogP contribution is 2.28. The van der Waals surface area contributed by atoms with Crippen molar-refractivity contribution in [3.8, 4) is 5.75 Å². The van der Waals surface area contributed by atoms with Gasteiger partial charge in [-0.05, 0) is 54.2 Å². The topological polar surface area (TPSA) is 68.4 Å². The molecule has 0 aliphatic heterocycles. The third-order valence-electron chi connectivity index (χ3n) is 3.10. The van der Waals surface area contributed by atoms with Gasteiger partial charge in [-0.3, -0.25) is 0 Å². The summed E-state index contributed by atoms with van der Waals surface area (Å²) in [6, 6.07) is 10.3. The van der Waals surface area contributed by atoms with Crippen molar-refractivity contribution >= 4 is 40.7 Å². The first-order valence-electron chi connectivity index (χ1n) is 7.23. The fraction of sp³-hybridized carbons (Fsp3) is 0.0588. The van der Waals surface area contributed by atoms with Crippen LogP contribution in [-0.4, -0.2) is 15.3 Å². The summed E-state index contributed by atoms with van der Waals surface area (Å²) in [7, 11) is 0. The molecule has 3 rings (SSSR count). The Morgan fingerprint density at radius 1 is 1.19 bits per heavy atom. The minimum atomic E-state index is -0.378. The van der Waals surface area contributed by atoms with Crippen LogP contribution >= 0.6 is 35.0 Å². The predicted molar refractivity (Wildman–Crippen MR) is 98.0 cm³/mol. The van der Waals surface area contributed by atoms with E-state index >= 15 is 0 Å². The average Bonchev–Trinajstić information content (AvgIpc) is 3.07. The first-order valence-corrected chi connectivity index (χ1v) is 8.87. The predicted octanol–water partition coefficient (Wildman–Crippen LogP) is 5.74. The molecular formula is C17H11Cl2FN2O3S. The van der Waals surface area contributed by atoms with Gasteiger partial charge in [0.2, 0.25) is 0 Å². The Balaban J connectivity index is 1.59. The van der Waals surface area contributed by atoms with Gasteiger partial charge in [0.15, 0.2) is 6.61 Å². The Kier molecular flexibility index (Phi) is 6.03. The summed E-state index contributed by atoms with van der Waals surface area (Å²) in [4.78, 5) is 0. The SMILES string of the molecule is O/C(=C\Sc1nnc(COc2ccc(Cl)cc2Cl)o1)c1ccc(F)cc1. The van der Waals surface area contributed by atoms with Crippen molar-refractivity contribution in [2.24, 2.45) is 0 Å². The number of hydrogen-bond donors (Lipinski definition) is 1. The average molecular weight is 413 g/mol. The van der Waals surface area contributed by atoms with E-state index in [2.05, 4.69) is 10.2 Å². The first kappa shape index (κ1) is 18.6. The lowest BCUT2D eigenvalue weighted by atomic mass is 10.2. The minimum absolute atomic E-state index is 0.0303. The van der Waals surface area contributed by atoms with Crippen LogP contribution in [0.3, 0.4) is 0 Å². The highest BCUT2D eigenvalue weighted by molar-refractivity contribution is 8.02. The molecule has 0 radical (unpaired) electrons. The number of aliphatic hydroxyl groups excluding tert-OH is 1. The van der Waals surface area contributed by atoms with E-state index < -0.39 is 0 Å². The van der Waals surface area contributed by atoms with Crippen molar-refractivity contribution in [3.63, 3.8) is 0 Å². The molecule has 1 heterocycles. The number of aromatic nitrogens is 2. The zero-order valence-electron chi connectivity index (χ0n) is 13.0. The number of hydrogen-bond acceptors (Lipinski definition) is 6. The molecule has 0 fully saturated rings. The lowest BCUT2D eigenvalue weighted by molar-refractivity contribution is 0.252. The molecule has 0 aliphatic carbocycles. The van der Waals surface area contributed by atoms with Crippen LogP contribution in [0.1, 0.15) is 11.5 Å². The molecule has 0 amide bonds. The molecule has 1 aromatic heterocycles. The molecule has 9 heteroatoms. The second-order valence-corrected chi connectivity index (χ2v) is 6.62. The highest BCUT2D eigenvalue weighted by Gasteiger charge is 2.09. The van der Waals surface area contributed by atoms with Gasteiger partial charge in [-0.15, -0.1) is 10.2 Å². The summed E-state index contributed by atoms with van der Waals surface area (Å²) in [5, 5.41) is 20.2. The van der Waals surface area contributed by atoms with Crippen LogP contribution < -0.4 is 4.74 Å². The molecule has 0 unspecified atom stereocenters. The van der Waals surface area contributed by atoms with E-state index in [9.17, 15) is 9.50 Å². The molecule has 3 aromatic rings. The summed E-state index contributed by atoms with van der Waals surface area (Å²) in [5.41, 5.74) is 0.472. The van der Waals surface area contributed by atoms with E-state index in [-0.39, 0.29) is 29.3 Å². The van der Waals surface area contributed by atoms with E-state index in [1.807, 2.05) is 0 Å². The van der Waals surface area contributed by atoms with Crippen molar-refractivity contribution in [1.82, 2.24) is 10.2 Å². The van der Waals surface area contributed by atoms with Crippen LogP contribution in [0.2, 0.25) is 10.0 Å². The number of aliphatic hydroxyl groups is 1. The third kappa shape index (κ3) is 4.91. The molecule has 0 aliphatic rings. The van der Waals surface area contributed by atoms with Gasteiger partial charge in [-0.25, -0.2) is 4.39 Å². The van der Waals surface area contributed by atoms with Crippen LogP contribution in [0.15, 0.2) is 57.5 Å². The van der Waals surface area contributed by atoms with E-state index in [0.29, 0.717) is 21.4 Å². The fourth-order valence-electron chi connectivity index (χ4n) is 1.87. The second kappa shape index (κ2) is 8.44. The highest BCUT2D eigenvalue weighted by atomic mass is 35.5. The minimum Gasteiger partial charge on any atom is -0.507 e. The molecule has 0 spiro atoms. The number of benzene rings is 2. The van der Waals surface area contributed by atoms with Crippen LogP contribution in [0.5, 0.6) is 5.75 Å². The number of thioether (sulfide) groups is 1. The first-order chi connectivity index (χ1) is 12.5. The second-order valence-electron chi connectivity index (χ2n) is 4.95. The van der Waals surface area contributed by atoms with Gasteiger partial charge in [0.05, 0.1) is 5.02 Å². The van der Waals surface area contributed by atoms with Gasteiger partial charge in [-0.2, -0.15) is 0 Å². The van der Waals surface area contributed by atoms with Gasteiger partial charge in [0.25, 0.3) is 11.1 Å². The van der Waals surface area contributed by atoms with Crippen molar-refractivity contribution < 1.29 is 18.7 Å². The van der Waals surface area contributed by atoms with E-state index in [4.69, 9.17) is 32.4 Å². The lowest BCUT2D eigenvalue weighted by Gasteiger charge is -2.05. The third-order valence-corrected chi connectivity index (χ3v) is 4.34. The zero-order chi connectivity index (χ0) is 18.5. The molecule has 26 heavy (non-hydrogen) atoms. The van der Waals surface area contributed by atoms with Crippen molar-refractivity contribution in [3.05, 3.63) is 75.2 Å². The van der Waals surface area contributed by atoms with Crippen molar-refractivity contribution in [2.45, 2.75) is 11.8 Å². The molecule has 134 valence electrons. The quantitative estimate of drug-likeness (QED) is 0.410. The zero-order valence-corrected chi connectivity index (χ0v) is 15.4. The van der Waals surface area contributed by atoms with Gasteiger partial charge in [0, 0.05) is 16.0 Å². The Morgan fingerprint density at radius 3 is 2.69 bits per heavy atom. The van der Waals surface area contributed by atoms with Gasteiger partial charge in [0.1, 0.15) is 17.3 Å². The summed E-state index contributed by atoms with van der Waals surface area (Å²) in [6.07, 6.45) is 0. The maximum absolute atomic E-state index is 12.9. The summed E-state index contributed by atoms with van der Waals surface area (Å²) < 4.78 is 23.8. The van der Waals surface area contributed by atoms with E-state index in [1.54, 1.807) is 18.2 Å². The Morgan fingerprint density at radius 2 is 1.96 bits per heavy atom. The summed E-state index contributed by atoms with van der Waals surface area (Å²) in [6.45, 7) is 0.0303. The number of ether oxygens (including phenoxy) is 1. The van der Waals surface area contributed by atoms with Crippen molar-refractivity contribution in [1.29, 1.82) is 0 Å². The molecule has 0 saturated carbocycles. The van der Waals surface area contributed by atoms with Crippen LogP contribution in [0, 0.1) is 5.82 Å². The summed E-state index contributed by atoms with van der Waals surface area (Å²) >= 11 is 12.9. The van der Waals surface area contributed by atoms with Crippen LogP contribution in [0.25, 0.3) is 5.76 Å². The molecule has 0 saturated heterocycles. The number of nitrogens with zero attached hydrogens (tertiary/aromatic N) is 2. The van der Waals surface area contributed by atoms with Gasteiger partial charge < -0.3 is 14.3 Å². The molecule has 0 bridgehead atoms. The Labute approximate surface area is 162 Å². The van der Waals surface area contributed by atoms with Gasteiger partial charge in [-0.1, -0.05) is 23.2 Å². The maximum atomic E-state index is 12.9. The summed E-state index contributed by atoms with van der Waals surface area (Å²) in [5.74, 6) is 0.265. The van der Waals surface area contributed by atoms with E-state index in [0.717, 1.165) is 11.8 Å². The molecule has 0 atom stereocenters. The Hall–Kier alpha value is -2.22. The monoisotopic (exact) mass is 412 g/mol. The van der Waals surface area contributed by atoms with Gasteiger partial charge >= 0.3 is 0 Å². The van der Waals surface area contributed by atoms with Crippen LogP contribution in [-0.2, 0) is 6.61 Å². The number of halogens is 3. The Bertz CT molecular complexity index is 932. The molecule has 2 aromatic carbocycles. The fourth-order valence-corrected chi connectivity index (χ4v) is 2.91. The van der Waals surface area contributed by atoms with Crippen LogP contribution in [0.4, 0.5) is 4.39 Å². The standard InChI is InChI=1S/C17H11Cl2FN2O3S/c18-11-3-6-15(13(19)7-11)24-8-16-21-22-17(25-16)26-9-14(23)10-1-4-12(20)5-2-10/h1-7,9,23H,8H2/b14-9-. The molecule has 1 N–H and O–H groups in total. The largest absolute Gasteiger partial charge is 0.507 e. The smallest absolute Gasteiger partial charge is 0.281 e. The normalized spacial score (nSPS) is 11.6. The van der Waals surface area contributed by atoms with E-state index in [1.165, 1.54) is 29.7 Å². The number of rotatable bonds is 6. The molecule has 5 nitrogen and oxygen atoms in total.